The Kier molecular flexibility index (Phi) is 5.01. The molecule has 2 atom stereocenters. The number of carbonyl (C=O) groups excluding carboxylic acids is 1. The summed E-state index contributed by atoms with van der Waals surface area (Å²) < 4.78 is 6.09. The molecule has 1 heterocycles. The Morgan fingerprint density at radius 2 is 2.05 bits per heavy atom. The minimum Gasteiger partial charge on any atom is -0.351 e. The molecule has 0 saturated carbocycles. The Morgan fingerprint density at radius 3 is 2.67 bits per heavy atom. The van der Waals surface area contributed by atoms with Crippen LogP contribution in [0.25, 0.3) is 0 Å². The normalized spacial score (nSPS) is 23.6. The van der Waals surface area contributed by atoms with Crippen LogP contribution in [0.2, 0.25) is 0 Å². The zero-order valence-corrected chi connectivity index (χ0v) is 13.2. The number of benzene rings is 1. The Labute approximate surface area is 127 Å². The average Bonchev–Trinajstić information content (AvgIpc) is 2.87. The molecule has 1 aliphatic rings. The van der Waals surface area contributed by atoms with Crippen LogP contribution in [0.3, 0.4) is 0 Å². The van der Waals surface area contributed by atoms with Crippen LogP contribution in [0.5, 0.6) is 0 Å². The van der Waals surface area contributed by atoms with E-state index in [9.17, 15) is 4.79 Å². The van der Waals surface area contributed by atoms with Gasteiger partial charge in [0.2, 0.25) is 5.91 Å². The minimum absolute atomic E-state index is 0.00179. The molecule has 0 unspecified atom stereocenters. The van der Waals surface area contributed by atoms with Gasteiger partial charge in [-0.3, -0.25) is 4.79 Å². The van der Waals surface area contributed by atoms with Crippen molar-refractivity contribution >= 4 is 5.91 Å². The molecule has 2 N–H and O–H groups in total. The van der Waals surface area contributed by atoms with E-state index < -0.39 is 11.8 Å². The van der Waals surface area contributed by atoms with Crippen LogP contribution in [0, 0.1) is 5.92 Å². The Balaban J connectivity index is 2.04. The molecular formula is C17H26N2O2. The second kappa shape index (κ2) is 6.58. The lowest BCUT2D eigenvalue weighted by atomic mass is 10.0. The van der Waals surface area contributed by atoms with Crippen LogP contribution in [-0.2, 0) is 16.1 Å². The van der Waals surface area contributed by atoms with Crippen LogP contribution in [-0.4, -0.2) is 29.1 Å². The topological polar surface area (TPSA) is 55.6 Å². The van der Waals surface area contributed by atoms with Gasteiger partial charge in [-0.2, -0.15) is 0 Å². The van der Waals surface area contributed by atoms with Crippen molar-refractivity contribution in [2.75, 3.05) is 6.54 Å². The van der Waals surface area contributed by atoms with Crippen molar-refractivity contribution < 1.29 is 9.53 Å². The highest BCUT2D eigenvalue weighted by molar-refractivity contribution is 5.82. The molecule has 0 bridgehead atoms. The fourth-order valence-corrected chi connectivity index (χ4v) is 2.71. The monoisotopic (exact) mass is 290 g/mol. The summed E-state index contributed by atoms with van der Waals surface area (Å²) in [7, 11) is 0. The smallest absolute Gasteiger partial charge is 0.241 e. The van der Waals surface area contributed by atoms with Crippen LogP contribution in [0.1, 0.15) is 39.2 Å². The zero-order chi connectivity index (χ0) is 15.5. The van der Waals surface area contributed by atoms with Crippen LogP contribution in [0.4, 0.5) is 0 Å². The van der Waals surface area contributed by atoms with Crippen LogP contribution < -0.4 is 5.73 Å². The van der Waals surface area contributed by atoms with Crippen molar-refractivity contribution in [3.8, 4) is 0 Å². The SMILES string of the molecule is CC(C)[C@@H](N)C(=O)N1CCC[C@]1(C)OCc1ccccc1. The van der Waals surface area contributed by atoms with Gasteiger partial charge in [0.05, 0.1) is 12.6 Å². The summed E-state index contributed by atoms with van der Waals surface area (Å²) in [6.45, 7) is 7.18. The standard InChI is InChI=1S/C17H26N2O2/c1-13(2)15(18)16(20)19-11-7-10-17(19,3)21-12-14-8-5-4-6-9-14/h4-6,8-9,13,15H,7,10-12,18H2,1-3H3/t15-,17+/m1/s1. The van der Waals surface area contributed by atoms with E-state index >= 15 is 0 Å². The second-order valence-corrected chi connectivity index (χ2v) is 6.31. The van der Waals surface area contributed by atoms with E-state index in [-0.39, 0.29) is 11.8 Å². The number of amides is 1. The third kappa shape index (κ3) is 3.63. The second-order valence-electron chi connectivity index (χ2n) is 6.31. The van der Waals surface area contributed by atoms with Gasteiger partial charge < -0.3 is 15.4 Å². The van der Waals surface area contributed by atoms with Crippen molar-refractivity contribution in [2.45, 2.75) is 52.0 Å². The van der Waals surface area contributed by atoms with Crippen molar-refractivity contribution in [3.05, 3.63) is 35.9 Å². The highest BCUT2D eigenvalue weighted by Crippen LogP contribution is 2.32. The van der Waals surface area contributed by atoms with Crippen LogP contribution >= 0.6 is 0 Å². The summed E-state index contributed by atoms with van der Waals surface area (Å²) in [6.07, 6.45) is 1.82. The molecule has 0 spiro atoms. The molecule has 1 aromatic carbocycles. The zero-order valence-electron chi connectivity index (χ0n) is 13.2. The first-order valence-electron chi connectivity index (χ1n) is 7.69. The fourth-order valence-electron chi connectivity index (χ4n) is 2.71. The van der Waals surface area contributed by atoms with Gasteiger partial charge in [0.15, 0.2) is 0 Å². The lowest BCUT2D eigenvalue weighted by Gasteiger charge is -2.37. The number of rotatable bonds is 5. The lowest BCUT2D eigenvalue weighted by molar-refractivity contribution is -0.166. The molecule has 1 aromatic rings. The summed E-state index contributed by atoms with van der Waals surface area (Å²) >= 11 is 0. The van der Waals surface area contributed by atoms with Gasteiger partial charge in [0, 0.05) is 6.54 Å². The largest absolute Gasteiger partial charge is 0.351 e. The van der Waals surface area contributed by atoms with Crippen LogP contribution in [0.15, 0.2) is 30.3 Å². The number of nitrogens with zero attached hydrogens (tertiary/aromatic N) is 1. The summed E-state index contributed by atoms with van der Waals surface area (Å²) in [4.78, 5) is 14.4. The maximum absolute atomic E-state index is 12.5. The maximum Gasteiger partial charge on any atom is 0.241 e. The van der Waals surface area contributed by atoms with Crippen molar-refractivity contribution in [1.29, 1.82) is 0 Å². The van der Waals surface area contributed by atoms with Crippen molar-refractivity contribution in [1.82, 2.24) is 4.90 Å². The van der Waals surface area contributed by atoms with E-state index in [1.54, 1.807) is 0 Å². The quantitative estimate of drug-likeness (QED) is 0.906. The number of hydrogen-bond acceptors (Lipinski definition) is 3. The van der Waals surface area contributed by atoms with Gasteiger partial charge in [0.1, 0.15) is 5.72 Å². The first-order chi connectivity index (χ1) is 9.94. The molecule has 116 valence electrons. The predicted molar refractivity (Wildman–Crippen MR) is 83.4 cm³/mol. The molecule has 1 saturated heterocycles. The summed E-state index contributed by atoms with van der Waals surface area (Å²) in [5.74, 6) is 0.134. The summed E-state index contributed by atoms with van der Waals surface area (Å²) in [6, 6.07) is 9.58. The molecule has 1 aliphatic heterocycles. The molecule has 0 aromatic heterocycles. The van der Waals surface area contributed by atoms with Crippen molar-refractivity contribution in [2.24, 2.45) is 11.7 Å². The van der Waals surface area contributed by atoms with Gasteiger partial charge in [-0.25, -0.2) is 0 Å². The van der Waals surface area contributed by atoms with Crippen molar-refractivity contribution in [3.63, 3.8) is 0 Å². The highest BCUT2D eigenvalue weighted by atomic mass is 16.5. The average molecular weight is 290 g/mol. The summed E-state index contributed by atoms with van der Waals surface area (Å²) in [5.41, 5.74) is 6.60. The van der Waals surface area contributed by atoms with E-state index in [0.717, 1.165) is 24.9 Å². The number of carbonyl (C=O) groups is 1. The van der Waals surface area contributed by atoms with Gasteiger partial charge >= 0.3 is 0 Å². The predicted octanol–water partition coefficient (Wildman–Crippen LogP) is 2.53. The molecule has 21 heavy (non-hydrogen) atoms. The fraction of sp³-hybridized carbons (Fsp3) is 0.588. The van der Waals surface area contributed by atoms with E-state index in [0.29, 0.717) is 6.61 Å². The first-order valence-corrected chi connectivity index (χ1v) is 7.69. The Bertz CT molecular complexity index is 475. The number of hydrogen-bond donors (Lipinski definition) is 1. The van der Waals surface area contributed by atoms with Gasteiger partial charge in [-0.05, 0) is 31.2 Å². The third-order valence-corrected chi connectivity index (χ3v) is 4.26. The molecule has 4 nitrogen and oxygen atoms in total. The molecule has 2 rings (SSSR count). The van der Waals surface area contributed by atoms with E-state index in [1.807, 2.05) is 56.0 Å². The minimum atomic E-state index is -0.542. The van der Waals surface area contributed by atoms with Gasteiger partial charge in [-0.15, -0.1) is 0 Å². The number of likely N-dealkylation sites (tertiary alicyclic amines) is 1. The lowest BCUT2D eigenvalue weighted by Crippen LogP contribution is -2.54. The molecular weight excluding hydrogens is 264 g/mol. The molecule has 4 heteroatoms. The molecule has 0 radical (unpaired) electrons. The van der Waals surface area contributed by atoms with Gasteiger partial charge in [-0.1, -0.05) is 44.2 Å². The first kappa shape index (κ1) is 16.0. The summed E-state index contributed by atoms with van der Waals surface area (Å²) in [5, 5.41) is 0. The van der Waals surface area contributed by atoms with Gasteiger partial charge in [0.25, 0.3) is 0 Å². The number of ether oxygens (including phenoxy) is 1. The Morgan fingerprint density at radius 1 is 1.38 bits per heavy atom. The van der Waals surface area contributed by atoms with E-state index in [1.165, 1.54) is 0 Å². The number of nitrogens with two attached hydrogens (primary N) is 1. The Hall–Kier alpha value is -1.39. The molecule has 0 aliphatic carbocycles. The highest BCUT2D eigenvalue weighted by Gasteiger charge is 2.42. The molecule has 1 amide bonds. The maximum atomic E-state index is 12.5. The van der Waals surface area contributed by atoms with E-state index in [4.69, 9.17) is 10.5 Å². The van der Waals surface area contributed by atoms with E-state index in [2.05, 4.69) is 0 Å². The molecule has 1 fully saturated rings. The third-order valence-electron chi connectivity index (χ3n) is 4.26.